The average Bonchev–Trinajstić information content (AvgIpc) is 2.41. The van der Waals surface area contributed by atoms with Crippen molar-refractivity contribution < 1.29 is 8.42 Å². The van der Waals surface area contributed by atoms with Gasteiger partial charge < -0.3 is 5.32 Å². The van der Waals surface area contributed by atoms with Crippen LogP contribution in [0.15, 0.2) is 29.2 Å². The van der Waals surface area contributed by atoms with Gasteiger partial charge in [0, 0.05) is 6.54 Å². The summed E-state index contributed by atoms with van der Waals surface area (Å²) in [4.78, 5) is 0.331. The number of hydrogen-bond acceptors (Lipinski definition) is 3. The summed E-state index contributed by atoms with van der Waals surface area (Å²) in [5.74, 6) is 0. The van der Waals surface area contributed by atoms with E-state index in [0.717, 1.165) is 31.5 Å². The Balaban J connectivity index is 2.60. The highest BCUT2D eigenvalue weighted by Crippen LogP contribution is 2.15. The Morgan fingerprint density at radius 1 is 1.05 bits per heavy atom. The third-order valence-electron chi connectivity index (χ3n) is 3.04. The zero-order valence-corrected chi connectivity index (χ0v) is 14.4. The van der Waals surface area contributed by atoms with Crippen LogP contribution in [0.5, 0.6) is 0 Å². The van der Waals surface area contributed by atoms with Gasteiger partial charge in [-0.2, -0.15) is 0 Å². The summed E-state index contributed by atoms with van der Waals surface area (Å²) in [6.45, 7) is 10.5. The highest BCUT2D eigenvalue weighted by atomic mass is 32.2. The van der Waals surface area contributed by atoms with Crippen molar-refractivity contribution in [2.45, 2.75) is 45.4 Å². The molecule has 1 rings (SSSR count). The molecule has 0 aliphatic rings. The molecule has 0 fully saturated rings. The lowest BCUT2D eigenvalue weighted by Gasteiger charge is -2.18. The summed E-state index contributed by atoms with van der Waals surface area (Å²) in [5, 5.41) is 3.33. The van der Waals surface area contributed by atoms with Crippen molar-refractivity contribution in [3.05, 3.63) is 29.8 Å². The van der Waals surface area contributed by atoms with Gasteiger partial charge in [-0.3, -0.25) is 0 Å². The molecule has 0 unspecified atom stereocenters. The SMILES string of the molecule is CCCNCCc1ccc(S(=O)(=O)NCC(C)(C)C)cc1. The van der Waals surface area contributed by atoms with E-state index < -0.39 is 10.0 Å². The molecular formula is C16H28N2O2S. The molecule has 0 bridgehead atoms. The van der Waals surface area contributed by atoms with Crippen LogP contribution < -0.4 is 10.0 Å². The van der Waals surface area contributed by atoms with Gasteiger partial charge in [-0.15, -0.1) is 0 Å². The molecule has 1 aromatic carbocycles. The summed E-state index contributed by atoms with van der Waals surface area (Å²) in [6.07, 6.45) is 2.03. The van der Waals surface area contributed by atoms with E-state index >= 15 is 0 Å². The van der Waals surface area contributed by atoms with Gasteiger partial charge in [0.15, 0.2) is 0 Å². The Labute approximate surface area is 129 Å². The van der Waals surface area contributed by atoms with Crippen LogP contribution >= 0.6 is 0 Å². The number of rotatable bonds is 8. The molecule has 0 atom stereocenters. The first-order chi connectivity index (χ1) is 9.74. The maximum atomic E-state index is 12.2. The van der Waals surface area contributed by atoms with E-state index in [1.165, 1.54) is 0 Å². The lowest BCUT2D eigenvalue weighted by atomic mass is 9.98. The molecule has 1 aromatic rings. The predicted octanol–water partition coefficient (Wildman–Crippen LogP) is 2.55. The largest absolute Gasteiger partial charge is 0.316 e. The van der Waals surface area contributed by atoms with Crippen molar-refractivity contribution in [3.8, 4) is 0 Å². The first kappa shape index (κ1) is 18.1. The Morgan fingerprint density at radius 3 is 2.19 bits per heavy atom. The van der Waals surface area contributed by atoms with E-state index in [0.29, 0.717) is 11.4 Å². The normalized spacial score (nSPS) is 12.6. The van der Waals surface area contributed by atoms with Crippen LogP contribution in [0.25, 0.3) is 0 Å². The summed E-state index contributed by atoms with van der Waals surface area (Å²) in [7, 11) is -3.40. The van der Waals surface area contributed by atoms with E-state index in [-0.39, 0.29) is 5.41 Å². The molecule has 0 aliphatic heterocycles. The molecule has 120 valence electrons. The molecule has 5 heteroatoms. The predicted molar refractivity (Wildman–Crippen MR) is 88.0 cm³/mol. The standard InChI is InChI=1S/C16H28N2O2S/c1-5-11-17-12-10-14-6-8-15(9-7-14)21(19,20)18-13-16(2,3)4/h6-9,17-18H,5,10-13H2,1-4H3. The van der Waals surface area contributed by atoms with Gasteiger partial charge in [-0.1, -0.05) is 39.8 Å². The van der Waals surface area contributed by atoms with E-state index in [1.807, 2.05) is 32.9 Å². The van der Waals surface area contributed by atoms with Crippen molar-refractivity contribution in [3.63, 3.8) is 0 Å². The summed E-state index contributed by atoms with van der Waals surface area (Å²) < 4.78 is 27.0. The first-order valence-corrected chi connectivity index (χ1v) is 9.02. The molecule has 0 aliphatic carbocycles. The van der Waals surface area contributed by atoms with Crippen LogP contribution in [-0.2, 0) is 16.4 Å². The molecular weight excluding hydrogens is 284 g/mol. The molecule has 4 nitrogen and oxygen atoms in total. The van der Waals surface area contributed by atoms with Gasteiger partial charge in [0.1, 0.15) is 0 Å². The Kier molecular flexibility index (Phi) is 6.84. The lowest BCUT2D eigenvalue weighted by Crippen LogP contribution is -2.32. The number of benzene rings is 1. The number of nitrogens with one attached hydrogen (secondary N) is 2. The Morgan fingerprint density at radius 2 is 1.67 bits per heavy atom. The number of hydrogen-bond donors (Lipinski definition) is 2. The second-order valence-electron chi connectivity index (χ2n) is 6.53. The fourth-order valence-corrected chi connectivity index (χ4v) is 3.05. The zero-order chi connectivity index (χ0) is 15.9. The van der Waals surface area contributed by atoms with Crippen molar-refractivity contribution in [1.82, 2.24) is 10.0 Å². The second kappa shape index (κ2) is 7.92. The van der Waals surface area contributed by atoms with Crippen molar-refractivity contribution in [2.24, 2.45) is 5.41 Å². The molecule has 2 N–H and O–H groups in total. The van der Waals surface area contributed by atoms with Gasteiger partial charge in [-0.25, -0.2) is 13.1 Å². The minimum absolute atomic E-state index is 0.0715. The van der Waals surface area contributed by atoms with E-state index in [4.69, 9.17) is 0 Å². The van der Waals surface area contributed by atoms with E-state index in [2.05, 4.69) is 17.0 Å². The minimum Gasteiger partial charge on any atom is -0.316 e. The van der Waals surface area contributed by atoms with Crippen molar-refractivity contribution in [1.29, 1.82) is 0 Å². The third kappa shape index (κ3) is 7.07. The molecule has 0 amide bonds. The number of sulfonamides is 1. The van der Waals surface area contributed by atoms with Crippen LogP contribution in [0.1, 0.15) is 39.7 Å². The highest BCUT2D eigenvalue weighted by molar-refractivity contribution is 7.89. The van der Waals surface area contributed by atoms with Gasteiger partial charge in [0.25, 0.3) is 0 Å². The van der Waals surface area contributed by atoms with Crippen molar-refractivity contribution in [2.75, 3.05) is 19.6 Å². The van der Waals surface area contributed by atoms with Crippen LogP contribution in [-0.4, -0.2) is 28.1 Å². The Bertz CT molecular complexity index is 516. The average molecular weight is 312 g/mol. The topological polar surface area (TPSA) is 58.2 Å². The van der Waals surface area contributed by atoms with E-state index in [9.17, 15) is 8.42 Å². The molecule has 0 saturated carbocycles. The van der Waals surface area contributed by atoms with Crippen LogP contribution in [0.2, 0.25) is 0 Å². The van der Waals surface area contributed by atoms with Crippen LogP contribution in [0.3, 0.4) is 0 Å². The molecule has 21 heavy (non-hydrogen) atoms. The quantitative estimate of drug-likeness (QED) is 0.725. The summed E-state index contributed by atoms with van der Waals surface area (Å²) in [6, 6.07) is 7.14. The van der Waals surface area contributed by atoms with Gasteiger partial charge >= 0.3 is 0 Å². The van der Waals surface area contributed by atoms with Gasteiger partial charge in [-0.05, 0) is 49.0 Å². The second-order valence-corrected chi connectivity index (χ2v) is 8.30. The smallest absolute Gasteiger partial charge is 0.240 e. The molecule has 0 saturated heterocycles. The molecule has 0 radical (unpaired) electrons. The molecule has 0 aromatic heterocycles. The molecule has 0 heterocycles. The van der Waals surface area contributed by atoms with Gasteiger partial charge in [0.05, 0.1) is 4.90 Å². The van der Waals surface area contributed by atoms with Crippen LogP contribution in [0.4, 0.5) is 0 Å². The van der Waals surface area contributed by atoms with Crippen LogP contribution in [0, 0.1) is 5.41 Å². The Hall–Kier alpha value is -0.910. The summed E-state index contributed by atoms with van der Waals surface area (Å²) in [5.41, 5.74) is 1.08. The lowest BCUT2D eigenvalue weighted by molar-refractivity contribution is 0.407. The highest BCUT2D eigenvalue weighted by Gasteiger charge is 2.18. The maximum absolute atomic E-state index is 12.2. The first-order valence-electron chi connectivity index (χ1n) is 7.54. The van der Waals surface area contributed by atoms with Gasteiger partial charge in [0.2, 0.25) is 10.0 Å². The monoisotopic (exact) mass is 312 g/mol. The third-order valence-corrected chi connectivity index (χ3v) is 4.46. The molecule has 0 spiro atoms. The van der Waals surface area contributed by atoms with E-state index in [1.54, 1.807) is 12.1 Å². The fourth-order valence-electron chi connectivity index (χ4n) is 1.76. The fraction of sp³-hybridized carbons (Fsp3) is 0.625. The van der Waals surface area contributed by atoms with Crippen molar-refractivity contribution >= 4 is 10.0 Å². The maximum Gasteiger partial charge on any atom is 0.240 e. The zero-order valence-electron chi connectivity index (χ0n) is 13.6. The summed E-state index contributed by atoms with van der Waals surface area (Å²) >= 11 is 0. The minimum atomic E-state index is -3.40.